The molecule has 0 radical (unpaired) electrons. The van der Waals surface area contributed by atoms with Crippen molar-refractivity contribution in [2.45, 2.75) is 31.8 Å². The number of halogens is 3. The predicted octanol–water partition coefficient (Wildman–Crippen LogP) is 5.68. The molecule has 0 fully saturated rings. The number of carbonyl (C=O) groups excluding carboxylic acids is 1. The maximum absolute atomic E-state index is 13.2. The lowest BCUT2D eigenvalue weighted by molar-refractivity contribution is -0.136. The summed E-state index contributed by atoms with van der Waals surface area (Å²) in [6, 6.07) is 13.7. The molecule has 3 aromatic rings. The number of rotatable bonds is 5. The van der Waals surface area contributed by atoms with Gasteiger partial charge < -0.3 is 5.32 Å². The van der Waals surface area contributed by atoms with Crippen molar-refractivity contribution < 1.29 is 26.4 Å². The van der Waals surface area contributed by atoms with E-state index in [0.29, 0.717) is 11.3 Å². The van der Waals surface area contributed by atoms with Crippen LogP contribution in [0.3, 0.4) is 0 Å². The average molecular weight is 462 g/mol. The zero-order valence-electron chi connectivity index (χ0n) is 17.5. The van der Waals surface area contributed by atoms with Crippen molar-refractivity contribution in [2.75, 3.05) is 10.0 Å². The Balaban J connectivity index is 1.93. The lowest BCUT2D eigenvalue weighted by Crippen LogP contribution is -2.19. The fourth-order valence-corrected chi connectivity index (χ4v) is 4.60. The maximum atomic E-state index is 13.2. The number of para-hydroxylation sites is 1. The SMILES string of the molecule is Cc1ccc(NS(=O)(=O)c2cc(C(=O)Nc3ccccc3C(F)(F)F)ccc2C)c(C)c1. The van der Waals surface area contributed by atoms with E-state index in [9.17, 15) is 26.4 Å². The highest BCUT2D eigenvalue weighted by molar-refractivity contribution is 7.92. The Kier molecular flexibility index (Phi) is 6.32. The molecule has 0 aromatic heterocycles. The molecule has 0 saturated heterocycles. The Bertz CT molecular complexity index is 1290. The van der Waals surface area contributed by atoms with E-state index < -0.39 is 33.4 Å². The van der Waals surface area contributed by atoms with Crippen LogP contribution in [0.2, 0.25) is 0 Å². The number of alkyl halides is 3. The molecule has 0 spiro atoms. The third-order valence-corrected chi connectivity index (χ3v) is 6.35. The van der Waals surface area contributed by atoms with E-state index >= 15 is 0 Å². The van der Waals surface area contributed by atoms with E-state index in [1.807, 2.05) is 13.0 Å². The lowest BCUT2D eigenvalue weighted by atomic mass is 10.1. The van der Waals surface area contributed by atoms with E-state index in [-0.39, 0.29) is 10.5 Å². The molecular formula is C23H21F3N2O3S. The topological polar surface area (TPSA) is 75.3 Å². The summed E-state index contributed by atoms with van der Waals surface area (Å²) in [6.45, 7) is 5.21. The summed E-state index contributed by atoms with van der Waals surface area (Å²) in [5.74, 6) is -0.857. The molecule has 3 rings (SSSR count). The number of amides is 1. The van der Waals surface area contributed by atoms with Crippen LogP contribution in [0.15, 0.2) is 65.6 Å². The van der Waals surface area contributed by atoms with Crippen LogP contribution >= 0.6 is 0 Å². The quantitative estimate of drug-likeness (QED) is 0.512. The fraction of sp³-hybridized carbons (Fsp3) is 0.174. The van der Waals surface area contributed by atoms with E-state index in [0.717, 1.165) is 29.3 Å². The first-order valence-corrected chi connectivity index (χ1v) is 11.0. The van der Waals surface area contributed by atoms with Gasteiger partial charge in [-0.05, 0) is 62.2 Å². The summed E-state index contributed by atoms with van der Waals surface area (Å²) in [7, 11) is -4.05. The summed E-state index contributed by atoms with van der Waals surface area (Å²) in [6.07, 6.45) is -4.65. The highest BCUT2D eigenvalue weighted by Crippen LogP contribution is 2.35. The number of carbonyl (C=O) groups is 1. The van der Waals surface area contributed by atoms with Crippen molar-refractivity contribution in [1.29, 1.82) is 0 Å². The molecular weight excluding hydrogens is 441 g/mol. The minimum atomic E-state index is -4.65. The van der Waals surface area contributed by atoms with Crippen LogP contribution in [0.4, 0.5) is 24.5 Å². The molecule has 0 bridgehead atoms. The number of nitrogens with one attached hydrogen (secondary N) is 2. The molecule has 0 heterocycles. The molecule has 0 saturated carbocycles. The largest absolute Gasteiger partial charge is 0.418 e. The van der Waals surface area contributed by atoms with Crippen LogP contribution in [0.25, 0.3) is 0 Å². The van der Waals surface area contributed by atoms with Gasteiger partial charge in [0.1, 0.15) is 0 Å². The first-order valence-electron chi connectivity index (χ1n) is 9.57. The van der Waals surface area contributed by atoms with Gasteiger partial charge in [-0.3, -0.25) is 9.52 Å². The van der Waals surface area contributed by atoms with Crippen molar-refractivity contribution in [3.8, 4) is 0 Å². The number of hydrogen-bond donors (Lipinski definition) is 2. The number of hydrogen-bond acceptors (Lipinski definition) is 3. The summed E-state index contributed by atoms with van der Waals surface area (Å²) < 4.78 is 68.1. The first-order chi connectivity index (χ1) is 14.9. The summed E-state index contributed by atoms with van der Waals surface area (Å²) in [5, 5.41) is 2.22. The molecule has 2 N–H and O–H groups in total. The van der Waals surface area contributed by atoms with E-state index in [2.05, 4.69) is 10.0 Å². The zero-order chi connectivity index (χ0) is 23.7. The molecule has 0 aliphatic heterocycles. The average Bonchev–Trinajstić information content (AvgIpc) is 2.70. The molecule has 5 nitrogen and oxygen atoms in total. The molecule has 0 unspecified atom stereocenters. The number of aryl methyl sites for hydroxylation is 3. The van der Waals surface area contributed by atoms with Crippen LogP contribution in [0.1, 0.15) is 32.6 Å². The second kappa shape index (κ2) is 8.66. The molecule has 168 valence electrons. The summed E-state index contributed by atoms with van der Waals surface area (Å²) >= 11 is 0. The van der Waals surface area contributed by atoms with Gasteiger partial charge in [-0.25, -0.2) is 8.42 Å². The Morgan fingerprint density at radius 2 is 1.53 bits per heavy atom. The Labute approximate surface area is 184 Å². The standard InChI is InChI=1S/C23H21F3N2O3S/c1-14-8-11-19(16(3)12-14)28-32(30,31)21-13-17(10-9-15(21)2)22(29)27-20-7-5-4-6-18(20)23(24,25)26/h4-13,28H,1-3H3,(H,27,29). The second-order valence-corrected chi connectivity index (χ2v) is 9.05. The minimum absolute atomic E-state index is 0.0893. The van der Waals surface area contributed by atoms with Crippen molar-refractivity contribution >= 4 is 27.3 Å². The van der Waals surface area contributed by atoms with E-state index in [1.54, 1.807) is 26.0 Å². The Morgan fingerprint density at radius 1 is 0.844 bits per heavy atom. The van der Waals surface area contributed by atoms with Gasteiger partial charge in [0.2, 0.25) is 0 Å². The minimum Gasteiger partial charge on any atom is -0.321 e. The predicted molar refractivity (Wildman–Crippen MR) is 117 cm³/mol. The number of anilines is 2. The summed E-state index contributed by atoms with van der Waals surface area (Å²) in [4.78, 5) is 12.5. The van der Waals surface area contributed by atoms with Gasteiger partial charge in [0.15, 0.2) is 0 Å². The number of sulfonamides is 1. The smallest absolute Gasteiger partial charge is 0.321 e. The lowest BCUT2D eigenvalue weighted by Gasteiger charge is -2.15. The molecule has 0 aliphatic carbocycles. The van der Waals surface area contributed by atoms with Gasteiger partial charge in [0.25, 0.3) is 15.9 Å². The molecule has 3 aromatic carbocycles. The van der Waals surface area contributed by atoms with Crippen molar-refractivity contribution in [2.24, 2.45) is 0 Å². The van der Waals surface area contributed by atoms with Crippen LogP contribution in [0, 0.1) is 20.8 Å². The second-order valence-electron chi connectivity index (χ2n) is 7.40. The van der Waals surface area contributed by atoms with E-state index in [1.165, 1.54) is 24.3 Å². The van der Waals surface area contributed by atoms with Gasteiger partial charge in [0.05, 0.1) is 21.8 Å². The fourth-order valence-electron chi connectivity index (χ4n) is 3.19. The third-order valence-electron chi connectivity index (χ3n) is 4.85. The monoisotopic (exact) mass is 462 g/mol. The normalized spacial score (nSPS) is 11.8. The van der Waals surface area contributed by atoms with Crippen molar-refractivity contribution in [1.82, 2.24) is 0 Å². The van der Waals surface area contributed by atoms with E-state index in [4.69, 9.17) is 0 Å². The summed E-state index contributed by atoms with van der Waals surface area (Å²) in [5.41, 5.74) is 0.976. The van der Waals surface area contributed by atoms with Gasteiger partial charge in [-0.2, -0.15) is 13.2 Å². The van der Waals surface area contributed by atoms with Crippen LogP contribution in [-0.4, -0.2) is 14.3 Å². The van der Waals surface area contributed by atoms with Gasteiger partial charge in [0, 0.05) is 5.56 Å². The highest BCUT2D eigenvalue weighted by Gasteiger charge is 2.33. The maximum Gasteiger partial charge on any atom is 0.418 e. The molecule has 9 heteroatoms. The van der Waals surface area contributed by atoms with Gasteiger partial charge in [-0.15, -0.1) is 0 Å². The van der Waals surface area contributed by atoms with Crippen molar-refractivity contribution in [3.63, 3.8) is 0 Å². The van der Waals surface area contributed by atoms with Crippen LogP contribution in [0.5, 0.6) is 0 Å². The Hall–Kier alpha value is -3.33. The zero-order valence-corrected chi connectivity index (χ0v) is 18.4. The van der Waals surface area contributed by atoms with Crippen LogP contribution < -0.4 is 10.0 Å². The molecule has 0 atom stereocenters. The van der Waals surface area contributed by atoms with Gasteiger partial charge in [-0.1, -0.05) is 35.9 Å². The van der Waals surface area contributed by atoms with Crippen molar-refractivity contribution in [3.05, 3.63) is 88.5 Å². The number of benzene rings is 3. The molecule has 0 aliphatic rings. The Morgan fingerprint density at radius 3 is 2.19 bits per heavy atom. The first kappa shape index (κ1) is 23.3. The molecule has 32 heavy (non-hydrogen) atoms. The van der Waals surface area contributed by atoms with Gasteiger partial charge >= 0.3 is 6.18 Å². The molecule has 1 amide bonds. The third kappa shape index (κ3) is 5.11. The highest BCUT2D eigenvalue weighted by atomic mass is 32.2. The van der Waals surface area contributed by atoms with Crippen LogP contribution in [-0.2, 0) is 16.2 Å².